The van der Waals surface area contributed by atoms with Gasteiger partial charge in [-0.25, -0.2) is 9.97 Å². The van der Waals surface area contributed by atoms with Crippen molar-refractivity contribution in [2.45, 2.75) is 0 Å². The molecule has 12 aromatic rings. The van der Waals surface area contributed by atoms with Crippen molar-refractivity contribution in [3.8, 4) is 61.8 Å². The molecule has 66 heavy (non-hydrogen) atoms. The first-order chi connectivity index (χ1) is 32.7. The minimum Gasteiger partial charge on any atom is -0.311 e. The molecule has 0 amide bonds. The highest BCUT2D eigenvalue weighted by molar-refractivity contribution is 6.10. The second-order valence-corrected chi connectivity index (χ2v) is 16.7. The van der Waals surface area contributed by atoms with E-state index in [0.29, 0.717) is 5.82 Å². The van der Waals surface area contributed by atoms with Crippen LogP contribution in [0.15, 0.2) is 255 Å². The number of hydrogen-bond donors (Lipinski definition) is 0. The minimum atomic E-state index is 0.696. The summed E-state index contributed by atoms with van der Waals surface area (Å²) >= 11 is 0. The summed E-state index contributed by atoms with van der Waals surface area (Å²) in [5, 5.41) is 4.86. The molecule has 0 spiro atoms. The van der Waals surface area contributed by atoms with Crippen molar-refractivity contribution in [2.24, 2.45) is 0 Å². The maximum absolute atomic E-state index is 5.16. The Morgan fingerprint density at radius 2 is 0.758 bits per heavy atom. The molecule has 0 aliphatic rings. The molecule has 0 unspecified atom stereocenters. The Labute approximate surface area is 384 Å². The van der Waals surface area contributed by atoms with E-state index in [1.54, 1.807) is 0 Å². The zero-order valence-corrected chi connectivity index (χ0v) is 36.0. The average Bonchev–Trinajstić information content (AvgIpc) is 3.73. The molecule has 0 aliphatic carbocycles. The highest BCUT2D eigenvalue weighted by atomic mass is 15.1. The normalized spacial score (nSPS) is 11.3. The summed E-state index contributed by atoms with van der Waals surface area (Å²) in [6, 6.07) is 90.6. The first kappa shape index (κ1) is 38.8. The van der Waals surface area contributed by atoms with Crippen LogP contribution in [-0.2, 0) is 0 Å². The molecule has 10 aromatic carbocycles. The standard InChI is InChI=1S/C62H42N4/c1-4-14-43(15-5-1)45-26-33-53(34-27-45)65(54-35-28-46(29-36-54)50-32-39-61-57(41-50)56-22-12-13-23-60(56)66(61)52-20-8-3-9-21-52)55-37-30-47(31-38-55)58-42-59(64-62(63-58)48-17-6-2-7-18-48)51-25-24-44-16-10-11-19-49(44)40-51/h1-42H. The van der Waals surface area contributed by atoms with Gasteiger partial charge >= 0.3 is 0 Å². The van der Waals surface area contributed by atoms with Gasteiger partial charge in [0.05, 0.1) is 22.4 Å². The molecule has 0 fully saturated rings. The van der Waals surface area contributed by atoms with E-state index in [4.69, 9.17) is 9.97 Å². The quantitative estimate of drug-likeness (QED) is 0.145. The van der Waals surface area contributed by atoms with Gasteiger partial charge in [-0.3, -0.25) is 0 Å². The van der Waals surface area contributed by atoms with Gasteiger partial charge in [0.15, 0.2) is 5.82 Å². The van der Waals surface area contributed by atoms with Gasteiger partial charge in [-0.2, -0.15) is 0 Å². The molecule has 310 valence electrons. The van der Waals surface area contributed by atoms with Crippen LogP contribution in [0.25, 0.3) is 94.4 Å². The van der Waals surface area contributed by atoms with Gasteiger partial charge in [0.2, 0.25) is 0 Å². The van der Waals surface area contributed by atoms with Crippen LogP contribution < -0.4 is 4.90 Å². The van der Waals surface area contributed by atoms with Gasteiger partial charge < -0.3 is 9.47 Å². The van der Waals surface area contributed by atoms with Crippen LogP contribution in [0.4, 0.5) is 17.1 Å². The predicted molar refractivity (Wildman–Crippen MR) is 276 cm³/mol. The first-order valence-corrected chi connectivity index (χ1v) is 22.4. The van der Waals surface area contributed by atoms with Crippen LogP contribution in [-0.4, -0.2) is 14.5 Å². The molecule has 2 heterocycles. The summed E-state index contributed by atoms with van der Waals surface area (Å²) in [6.07, 6.45) is 0. The predicted octanol–water partition coefficient (Wildman–Crippen LogP) is 16.5. The Morgan fingerprint density at radius 1 is 0.288 bits per heavy atom. The molecule has 0 bridgehead atoms. The molecule has 0 radical (unpaired) electrons. The fourth-order valence-electron chi connectivity index (χ4n) is 9.28. The number of rotatable bonds is 9. The van der Waals surface area contributed by atoms with Crippen LogP contribution in [0, 0.1) is 0 Å². The largest absolute Gasteiger partial charge is 0.311 e. The van der Waals surface area contributed by atoms with Crippen LogP contribution in [0.1, 0.15) is 0 Å². The van der Waals surface area contributed by atoms with E-state index in [0.717, 1.165) is 56.4 Å². The third-order valence-corrected chi connectivity index (χ3v) is 12.6. The van der Waals surface area contributed by atoms with Gasteiger partial charge in [-0.15, -0.1) is 0 Å². The smallest absolute Gasteiger partial charge is 0.160 e. The zero-order valence-electron chi connectivity index (χ0n) is 36.0. The lowest BCUT2D eigenvalue weighted by molar-refractivity contribution is 1.18. The zero-order chi connectivity index (χ0) is 43.8. The number of hydrogen-bond acceptors (Lipinski definition) is 3. The van der Waals surface area contributed by atoms with Crippen molar-refractivity contribution in [1.29, 1.82) is 0 Å². The van der Waals surface area contributed by atoms with Crippen molar-refractivity contribution >= 4 is 49.6 Å². The summed E-state index contributed by atoms with van der Waals surface area (Å²) in [5.74, 6) is 0.696. The summed E-state index contributed by atoms with van der Waals surface area (Å²) in [6.45, 7) is 0. The summed E-state index contributed by atoms with van der Waals surface area (Å²) in [5.41, 5.74) is 16.2. The molecule has 4 nitrogen and oxygen atoms in total. The number of anilines is 3. The first-order valence-electron chi connectivity index (χ1n) is 22.4. The van der Waals surface area contributed by atoms with Gasteiger partial charge in [0.25, 0.3) is 0 Å². The lowest BCUT2D eigenvalue weighted by Crippen LogP contribution is -2.09. The van der Waals surface area contributed by atoms with Crippen LogP contribution in [0.3, 0.4) is 0 Å². The van der Waals surface area contributed by atoms with Crippen molar-refractivity contribution in [1.82, 2.24) is 14.5 Å². The maximum atomic E-state index is 5.16. The second kappa shape index (κ2) is 16.7. The van der Waals surface area contributed by atoms with E-state index in [1.165, 1.54) is 49.3 Å². The molecular formula is C62H42N4. The van der Waals surface area contributed by atoms with E-state index in [2.05, 4.69) is 246 Å². The molecule has 12 rings (SSSR count). The topological polar surface area (TPSA) is 34.0 Å². The van der Waals surface area contributed by atoms with E-state index in [1.807, 2.05) is 18.2 Å². The van der Waals surface area contributed by atoms with Crippen molar-refractivity contribution in [3.05, 3.63) is 255 Å². The number of benzene rings is 10. The monoisotopic (exact) mass is 842 g/mol. The van der Waals surface area contributed by atoms with E-state index < -0.39 is 0 Å². The molecule has 4 heteroatoms. The second-order valence-electron chi connectivity index (χ2n) is 16.7. The van der Waals surface area contributed by atoms with Crippen molar-refractivity contribution < 1.29 is 0 Å². The van der Waals surface area contributed by atoms with Gasteiger partial charge in [0.1, 0.15) is 0 Å². The van der Waals surface area contributed by atoms with E-state index >= 15 is 0 Å². The molecular weight excluding hydrogens is 801 g/mol. The maximum Gasteiger partial charge on any atom is 0.160 e. The van der Waals surface area contributed by atoms with Gasteiger partial charge in [-0.05, 0) is 112 Å². The Hall–Kier alpha value is -8.86. The van der Waals surface area contributed by atoms with Gasteiger partial charge in [-0.1, -0.05) is 176 Å². The van der Waals surface area contributed by atoms with Crippen molar-refractivity contribution in [3.63, 3.8) is 0 Å². The summed E-state index contributed by atoms with van der Waals surface area (Å²) in [4.78, 5) is 12.6. The van der Waals surface area contributed by atoms with E-state index in [9.17, 15) is 0 Å². The molecule has 2 aromatic heterocycles. The minimum absolute atomic E-state index is 0.696. The fraction of sp³-hybridized carbons (Fsp3) is 0. The third-order valence-electron chi connectivity index (χ3n) is 12.6. The fourth-order valence-corrected chi connectivity index (χ4v) is 9.28. The molecule has 0 saturated carbocycles. The molecule has 0 saturated heterocycles. The number of fused-ring (bicyclic) bond motifs is 4. The Morgan fingerprint density at radius 3 is 1.42 bits per heavy atom. The highest BCUT2D eigenvalue weighted by Crippen LogP contribution is 2.40. The van der Waals surface area contributed by atoms with Gasteiger partial charge in [0, 0.05) is 50.2 Å². The SMILES string of the molecule is c1ccc(-c2ccc(N(c3ccc(-c4ccc5c(c4)c4ccccc4n5-c4ccccc4)cc3)c3ccc(-c4cc(-c5ccc6ccccc6c5)nc(-c5ccccc5)n4)cc3)cc2)cc1. The van der Waals surface area contributed by atoms with Crippen LogP contribution >= 0.6 is 0 Å². The third kappa shape index (κ3) is 7.27. The van der Waals surface area contributed by atoms with Crippen molar-refractivity contribution in [2.75, 3.05) is 4.90 Å². The number of para-hydroxylation sites is 2. The van der Waals surface area contributed by atoms with Crippen LogP contribution in [0.5, 0.6) is 0 Å². The number of aromatic nitrogens is 3. The lowest BCUT2D eigenvalue weighted by atomic mass is 10.0. The Bertz CT molecular complexity index is 3660. The number of nitrogens with zero attached hydrogens (tertiary/aromatic N) is 4. The summed E-state index contributed by atoms with van der Waals surface area (Å²) in [7, 11) is 0. The highest BCUT2D eigenvalue weighted by Gasteiger charge is 2.17. The Kier molecular flexibility index (Phi) is 9.81. The lowest BCUT2D eigenvalue weighted by Gasteiger charge is -2.26. The molecule has 0 N–H and O–H groups in total. The van der Waals surface area contributed by atoms with Crippen LogP contribution in [0.2, 0.25) is 0 Å². The summed E-state index contributed by atoms with van der Waals surface area (Å²) < 4.78 is 2.36. The van der Waals surface area contributed by atoms with E-state index in [-0.39, 0.29) is 0 Å². The average molecular weight is 843 g/mol. The molecule has 0 aliphatic heterocycles. The molecule has 0 atom stereocenters. The Balaban J connectivity index is 0.926.